The molecule has 1 aliphatic heterocycles. The zero-order chi connectivity index (χ0) is 24.4. The van der Waals surface area contributed by atoms with Crippen molar-refractivity contribution in [1.29, 1.82) is 0 Å². The molecule has 1 aliphatic rings. The fourth-order valence-corrected chi connectivity index (χ4v) is 4.49. The SMILES string of the molecule is O=C(CN1C(=O)S/C(=C/c2ccc(-c3ccc(Cl)c(C(=O)O)c3)o2)C1=O)Nc1ccccc1Br. The second-order valence-electron chi connectivity index (χ2n) is 7.00. The summed E-state index contributed by atoms with van der Waals surface area (Å²) in [6.45, 7) is -0.435. The van der Waals surface area contributed by atoms with E-state index in [4.69, 9.17) is 16.0 Å². The van der Waals surface area contributed by atoms with E-state index in [1.807, 2.05) is 0 Å². The zero-order valence-corrected chi connectivity index (χ0v) is 20.2. The van der Waals surface area contributed by atoms with Gasteiger partial charge in [0.25, 0.3) is 11.1 Å². The first kappa shape index (κ1) is 23.8. The molecule has 1 aromatic heterocycles. The summed E-state index contributed by atoms with van der Waals surface area (Å²) < 4.78 is 6.37. The number of hydrogen-bond acceptors (Lipinski definition) is 6. The standard InChI is InChI=1S/C23H14BrClN2O6S/c24-15-3-1-2-4-17(15)26-20(28)11-27-21(29)19(34-23(27)32)10-13-6-8-18(33-13)12-5-7-16(25)14(9-12)22(30)31/h1-10H,11H2,(H,26,28)(H,30,31)/b19-10+. The molecule has 0 unspecified atom stereocenters. The first-order chi connectivity index (χ1) is 16.2. The van der Waals surface area contributed by atoms with Gasteiger partial charge in [-0.05, 0) is 70.2 Å². The summed E-state index contributed by atoms with van der Waals surface area (Å²) in [5, 5.41) is 11.4. The lowest BCUT2D eigenvalue weighted by Gasteiger charge is -2.13. The number of aromatic carboxylic acids is 1. The molecule has 4 rings (SSSR count). The average Bonchev–Trinajstić information content (AvgIpc) is 3.36. The number of para-hydroxylation sites is 1. The van der Waals surface area contributed by atoms with Gasteiger partial charge in [-0.15, -0.1) is 0 Å². The van der Waals surface area contributed by atoms with Crippen molar-refractivity contribution in [3.8, 4) is 11.3 Å². The minimum Gasteiger partial charge on any atom is -0.478 e. The lowest BCUT2D eigenvalue weighted by atomic mass is 10.1. The third-order valence-corrected chi connectivity index (χ3v) is 6.63. The predicted molar refractivity (Wildman–Crippen MR) is 132 cm³/mol. The van der Waals surface area contributed by atoms with Gasteiger partial charge in [0.05, 0.1) is 21.2 Å². The molecule has 11 heteroatoms. The Bertz CT molecular complexity index is 1370. The molecule has 0 atom stereocenters. The lowest BCUT2D eigenvalue weighted by molar-refractivity contribution is -0.127. The fourth-order valence-electron chi connectivity index (χ4n) is 3.09. The number of carboxylic acid groups (broad SMARTS) is 1. The van der Waals surface area contributed by atoms with Crippen molar-refractivity contribution in [2.45, 2.75) is 0 Å². The first-order valence-corrected chi connectivity index (χ1v) is 11.6. The van der Waals surface area contributed by atoms with Crippen molar-refractivity contribution in [1.82, 2.24) is 4.90 Å². The van der Waals surface area contributed by atoms with Crippen LogP contribution in [0.25, 0.3) is 17.4 Å². The maximum atomic E-state index is 12.7. The highest BCUT2D eigenvalue weighted by Crippen LogP contribution is 2.34. The molecule has 172 valence electrons. The monoisotopic (exact) mass is 560 g/mol. The highest BCUT2D eigenvalue weighted by Gasteiger charge is 2.36. The molecular formula is C23H14BrClN2O6S. The second-order valence-corrected chi connectivity index (χ2v) is 9.25. The lowest BCUT2D eigenvalue weighted by Crippen LogP contribution is -2.36. The third-order valence-electron chi connectivity index (χ3n) is 4.70. The quantitative estimate of drug-likeness (QED) is 0.369. The number of nitrogens with one attached hydrogen (secondary N) is 1. The van der Waals surface area contributed by atoms with Crippen molar-refractivity contribution in [3.05, 3.63) is 80.3 Å². The Morgan fingerprint density at radius 1 is 1.15 bits per heavy atom. The van der Waals surface area contributed by atoms with E-state index in [1.165, 1.54) is 18.2 Å². The number of nitrogens with zero attached hydrogens (tertiary/aromatic N) is 1. The molecule has 0 aliphatic carbocycles. The molecule has 3 aromatic rings. The van der Waals surface area contributed by atoms with Crippen LogP contribution in [0.2, 0.25) is 5.02 Å². The van der Waals surface area contributed by atoms with Crippen molar-refractivity contribution in [2.24, 2.45) is 0 Å². The van der Waals surface area contributed by atoms with E-state index < -0.39 is 29.6 Å². The number of benzene rings is 2. The van der Waals surface area contributed by atoms with Gasteiger partial charge < -0.3 is 14.8 Å². The molecule has 34 heavy (non-hydrogen) atoms. The summed E-state index contributed by atoms with van der Waals surface area (Å²) >= 11 is 9.92. The zero-order valence-electron chi connectivity index (χ0n) is 17.1. The van der Waals surface area contributed by atoms with Crippen molar-refractivity contribution in [2.75, 3.05) is 11.9 Å². The number of anilines is 1. The summed E-state index contributed by atoms with van der Waals surface area (Å²) in [7, 11) is 0. The summed E-state index contributed by atoms with van der Waals surface area (Å²) in [5.41, 5.74) is 0.934. The smallest absolute Gasteiger partial charge is 0.337 e. The maximum absolute atomic E-state index is 12.7. The van der Waals surface area contributed by atoms with Crippen LogP contribution >= 0.6 is 39.3 Å². The molecule has 2 N–H and O–H groups in total. The van der Waals surface area contributed by atoms with E-state index in [-0.39, 0.29) is 21.3 Å². The first-order valence-electron chi connectivity index (χ1n) is 9.65. The van der Waals surface area contributed by atoms with Crippen molar-refractivity contribution in [3.63, 3.8) is 0 Å². The van der Waals surface area contributed by atoms with Crippen molar-refractivity contribution < 1.29 is 28.7 Å². The van der Waals surface area contributed by atoms with E-state index >= 15 is 0 Å². The van der Waals surface area contributed by atoms with Crippen LogP contribution in [0.1, 0.15) is 16.1 Å². The fraction of sp³-hybridized carbons (Fsp3) is 0.0435. The number of hydrogen-bond donors (Lipinski definition) is 2. The van der Waals surface area contributed by atoms with Gasteiger partial charge >= 0.3 is 5.97 Å². The molecule has 1 saturated heterocycles. The van der Waals surface area contributed by atoms with Gasteiger partial charge in [-0.25, -0.2) is 4.79 Å². The Morgan fingerprint density at radius 3 is 2.65 bits per heavy atom. The predicted octanol–water partition coefficient (Wildman–Crippen LogP) is 5.74. The van der Waals surface area contributed by atoms with Gasteiger partial charge in [-0.1, -0.05) is 23.7 Å². The van der Waals surface area contributed by atoms with E-state index in [2.05, 4.69) is 21.2 Å². The van der Waals surface area contributed by atoms with E-state index in [0.717, 1.165) is 4.90 Å². The van der Waals surface area contributed by atoms with Crippen LogP contribution in [-0.4, -0.2) is 39.6 Å². The third kappa shape index (κ3) is 5.09. The van der Waals surface area contributed by atoms with Crippen LogP contribution in [0.5, 0.6) is 0 Å². The number of halogens is 2. The molecule has 0 saturated carbocycles. The number of amides is 3. The number of carbonyl (C=O) groups is 4. The number of rotatable bonds is 6. The Morgan fingerprint density at radius 2 is 1.91 bits per heavy atom. The summed E-state index contributed by atoms with van der Waals surface area (Å²) in [6.07, 6.45) is 1.40. The number of thioether (sulfide) groups is 1. The average molecular weight is 562 g/mol. The highest BCUT2D eigenvalue weighted by molar-refractivity contribution is 9.10. The van der Waals surface area contributed by atoms with Gasteiger partial charge in [0.2, 0.25) is 5.91 Å². The molecule has 8 nitrogen and oxygen atoms in total. The van der Waals surface area contributed by atoms with Gasteiger partial charge in [0, 0.05) is 16.1 Å². The van der Waals surface area contributed by atoms with Crippen LogP contribution < -0.4 is 5.32 Å². The van der Waals surface area contributed by atoms with Crippen molar-refractivity contribution >= 4 is 74.1 Å². The Labute approximate surface area is 210 Å². The molecule has 0 spiro atoms. The highest BCUT2D eigenvalue weighted by atomic mass is 79.9. The van der Waals surface area contributed by atoms with Crippen LogP contribution in [0, 0.1) is 0 Å². The van der Waals surface area contributed by atoms with Crippen LogP contribution in [0.15, 0.2) is 68.4 Å². The topological polar surface area (TPSA) is 117 Å². The van der Waals surface area contributed by atoms with Gasteiger partial charge in [-0.3, -0.25) is 19.3 Å². The van der Waals surface area contributed by atoms with E-state index in [0.29, 0.717) is 33.2 Å². The molecular weight excluding hydrogens is 548 g/mol. The Kier molecular flexibility index (Phi) is 6.92. The van der Waals surface area contributed by atoms with Crippen LogP contribution in [0.4, 0.5) is 10.5 Å². The molecule has 0 radical (unpaired) electrons. The molecule has 2 heterocycles. The summed E-state index contributed by atoms with van der Waals surface area (Å²) in [5.74, 6) is -1.67. The maximum Gasteiger partial charge on any atom is 0.337 e. The number of carboxylic acids is 1. The van der Waals surface area contributed by atoms with E-state index in [9.17, 15) is 24.3 Å². The molecule has 1 fully saturated rings. The van der Waals surface area contributed by atoms with E-state index in [1.54, 1.807) is 42.5 Å². The minimum atomic E-state index is -1.17. The normalized spacial score (nSPS) is 14.6. The second kappa shape index (κ2) is 9.88. The summed E-state index contributed by atoms with van der Waals surface area (Å²) in [4.78, 5) is 49.7. The van der Waals surface area contributed by atoms with Crippen LogP contribution in [0.3, 0.4) is 0 Å². The Balaban J connectivity index is 1.48. The Hall–Kier alpha value is -3.34. The summed E-state index contributed by atoms with van der Waals surface area (Å²) in [6, 6.07) is 14.6. The molecule has 2 aromatic carbocycles. The number of furan rings is 1. The van der Waals surface area contributed by atoms with Gasteiger partial charge in [0.15, 0.2) is 0 Å². The molecule has 0 bridgehead atoms. The number of imide groups is 1. The minimum absolute atomic E-state index is 0.0703. The molecule has 3 amide bonds. The number of carbonyl (C=O) groups excluding carboxylic acids is 3. The van der Waals surface area contributed by atoms with Gasteiger partial charge in [0.1, 0.15) is 18.1 Å². The van der Waals surface area contributed by atoms with Crippen LogP contribution in [-0.2, 0) is 9.59 Å². The largest absolute Gasteiger partial charge is 0.478 e. The van der Waals surface area contributed by atoms with Gasteiger partial charge in [-0.2, -0.15) is 0 Å².